The van der Waals surface area contributed by atoms with Crippen LogP contribution >= 0.6 is 23.0 Å². The fraction of sp³-hybridized carbons (Fsp3) is 0.400. The SMILES string of the molecule is FC(F)(F)c1ccc2c(c1)C(NCOI)CO2. The van der Waals surface area contributed by atoms with Gasteiger partial charge in [0.25, 0.3) is 0 Å². The molecule has 7 heteroatoms. The van der Waals surface area contributed by atoms with E-state index in [-0.39, 0.29) is 12.8 Å². The Morgan fingerprint density at radius 3 is 2.88 bits per heavy atom. The van der Waals surface area contributed by atoms with E-state index >= 15 is 0 Å². The zero-order valence-corrected chi connectivity index (χ0v) is 10.7. The summed E-state index contributed by atoms with van der Waals surface area (Å²) in [7, 11) is 0. The first kappa shape index (κ1) is 12.9. The number of alkyl halides is 3. The molecule has 1 atom stereocenters. The maximum Gasteiger partial charge on any atom is 0.416 e. The molecule has 0 aliphatic carbocycles. The first-order valence-corrected chi connectivity index (χ1v) is 5.71. The van der Waals surface area contributed by atoms with Gasteiger partial charge in [-0.2, -0.15) is 13.2 Å². The standard InChI is InChI=1S/C10H9F3INO2/c11-10(12,13)6-1-2-9-7(3-6)8(4-16-9)15-5-17-14/h1-3,8,15H,4-5H2. The number of benzene rings is 1. The molecule has 0 radical (unpaired) electrons. The molecule has 0 amide bonds. The molecular weight excluding hydrogens is 350 g/mol. The van der Waals surface area contributed by atoms with E-state index in [4.69, 9.17) is 7.80 Å². The Kier molecular flexibility index (Phi) is 3.79. The molecule has 1 aliphatic rings. The molecule has 0 aromatic heterocycles. The summed E-state index contributed by atoms with van der Waals surface area (Å²) in [6, 6.07) is 3.23. The molecule has 1 heterocycles. The lowest BCUT2D eigenvalue weighted by molar-refractivity contribution is -0.137. The number of hydrogen-bond donors (Lipinski definition) is 1. The summed E-state index contributed by atoms with van der Waals surface area (Å²) in [6.07, 6.45) is -4.33. The summed E-state index contributed by atoms with van der Waals surface area (Å²) in [4.78, 5) is 0. The molecule has 1 aromatic rings. The Labute approximate surface area is 110 Å². The Morgan fingerprint density at radius 1 is 1.47 bits per heavy atom. The summed E-state index contributed by atoms with van der Waals surface area (Å²) in [6.45, 7) is 0.570. The van der Waals surface area contributed by atoms with Crippen molar-refractivity contribution in [1.29, 1.82) is 0 Å². The van der Waals surface area contributed by atoms with E-state index < -0.39 is 11.7 Å². The van der Waals surface area contributed by atoms with Gasteiger partial charge in [-0.25, -0.2) is 0 Å². The topological polar surface area (TPSA) is 30.5 Å². The van der Waals surface area contributed by atoms with Gasteiger partial charge in [0, 0.05) is 5.56 Å². The third-order valence-electron chi connectivity index (χ3n) is 2.50. The summed E-state index contributed by atoms with van der Waals surface area (Å²) in [5.74, 6) is 0.490. The van der Waals surface area contributed by atoms with Gasteiger partial charge in [0.15, 0.2) is 0 Å². The van der Waals surface area contributed by atoms with Crippen LogP contribution in [0.4, 0.5) is 13.2 Å². The minimum atomic E-state index is -4.33. The predicted molar refractivity (Wildman–Crippen MR) is 62.8 cm³/mol. The highest BCUT2D eigenvalue weighted by Gasteiger charge is 2.33. The van der Waals surface area contributed by atoms with E-state index in [9.17, 15) is 13.2 Å². The Morgan fingerprint density at radius 2 is 2.24 bits per heavy atom. The Bertz CT molecular complexity index is 411. The van der Waals surface area contributed by atoms with Crippen molar-refractivity contribution in [1.82, 2.24) is 5.32 Å². The van der Waals surface area contributed by atoms with Crippen LogP contribution in [0.3, 0.4) is 0 Å². The molecule has 1 unspecified atom stereocenters. The molecule has 0 fully saturated rings. The van der Waals surface area contributed by atoms with Gasteiger partial charge in [-0.15, -0.1) is 0 Å². The van der Waals surface area contributed by atoms with E-state index in [0.29, 0.717) is 17.9 Å². The normalized spacial score (nSPS) is 18.9. The quantitative estimate of drug-likeness (QED) is 0.665. The van der Waals surface area contributed by atoms with E-state index in [1.807, 2.05) is 0 Å². The average Bonchev–Trinajstić information content (AvgIpc) is 2.67. The molecule has 0 bridgehead atoms. The first-order chi connectivity index (χ1) is 8.02. The van der Waals surface area contributed by atoms with Gasteiger partial charge in [-0.1, -0.05) is 0 Å². The summed E-state index contributed by atoms with van der Waals surface area (Å²) in [5.41, 5.74) is -0.141. The molecule has 2 rings (SSSR count). The maximum absolute atomic E-state index is 12.5. The van der Waals surface area contributed by atoms with Crippen LogP contribution in [0, 0.1) is 0 Å². The van der Waals surface area contributed by atoms with Crippen LogP contribution in [0.15, 0.2) is 18.2 Å². The van der Waals surface area contributed by atoms with Crippen molar-refractivity contribution in [3.05, 3.63) is 29.3 Å². The van der Waals surface area contributed by atoms with Crippen molar-refractivity contribution in [2.24, 2.45) is 0 Å². The van der Waals surface area contributed by atoms with Crippen LogP contribution in [0.25, 0.3) is 0 Å². The predicted octanol–water partition coefficient (Wildman–Crippen LogP) is 3.05. The average molecular weight is 359 g/mol. The van der Waals surface area contributed by atoms with Gasteiger partial charge in [-0.3, -0.25) is 5.32 Å². The van der Waals surface area contributed by atoms with Gasteiger partial charge < -0.3 is 7.80 Å². The second-order valence-electron chi connectivity index (χ2n) is 3.57. The van der Waals surface area contributed by atoms with Crippen molar-refractivity contribution < 1.29 is 21.0 Å². The minimum Gasteiger partial charge on any atom is -0.491 e. The lowest BCUT2D eigenvalue weighted by Gasteiger charge is -2.12. The van der Waals surface area contributed by atoms with Gasteiger partial charge in [0.05, 0.1) is 11.6 Å². The lowest BCUT2D eigenvalue weighted by atomic mass is 10.1. The van der Waals surface area contributed by atoms with Crippen LogP contribution in [0.1, 0.15) is 17.2 Å². The maximum atomic E-state index is 12.5. The Balaban J connectivity index is 2.24. The number of hydrogen-bond acceptors (Lipinski definition) is 3. The molecule has 1 N–H and O–H groups in total. The molecule has 1 aromatic carbocycles. The van der Waals surface area contributed by atoms with Crippen molar-refractivity contribution >= 4 is 23.0 Å². The minimum absolute atomic E-state index is 0.254. The highest BCUT2D eigenvalue weighted by molar-refractivity contribution is 14.1. The third-order valence-corrected chi connectivity index (χ3v) is 2.81. The molecule has 0 saturated carbocycles. The van der Waals surface area contributed by atoms with Crippen LogP contribution in [0.2, 0.25) is 0 Å². The van der Waals surface area contributed by atoms with E-state index in [2.05, 4.69) is 5.32 Å². The zero-order valence-electron chi connectivity index (χ0n) is 8.55. The first-order valence-electron chi connectivity index (χ1n) is 4.83. The zero-order chi connectivity index (χ0) is 12.5. The Hall–Kier alpha value is -0.540. The highest BCUT2D eigenvalue weighted by Crippen LogP contribution is 2.37. The molecule has 0 saturated heterocycles. The molecule has 0 spiro atoms. The second kappa shape index (κ2) is 4.99. The number of fused-ring (bicyclic) bond motifs is 1. The van der Waals surface area contributed by atoms with E-state index in [1.54, 1.807) is 23.0 Å². The van der Waals surface area contributed by atoms with Crippen molar-refractivity contribution in [2.45, 2.75) is 12.2 Å². The molecular formula is C10H9F3INO2. The van der Waals surface area contributed by atoms with Crippen LogP contribution in [-0.4, -0.2) is 13.3 Å². The van der Waals surface area contributed by atoms with Crippen LogP contribution < -0.4 is 10.1 Å². The van der Waals surface area contributed by atoms with Gasteiger partial charge in [-0.05, 0) is 18.2 Å². The van der Waals surface area contributed by atoms with E-state index in [1.165, 1.54) is 6.07 Å². The summed E-state index contributed by atoms with van der Waals surface area (Å²) in [5, 5.41) is 2.94. The molecule has 17 heavy (non-hydrogen) atoms. The molecule has 94 valence electrons. The van der Waals surface area contributed by atoms with Gasteiger partial charge >= 0.3 is 6.18 Å². The fourth-order valence-electron chi connectivity index (χ4n) is 1.69. The number of ether oxygens (including phenoxy) is 1. The van der Waals surface area contributed by atoms with Gasteiger partial charge in [0.1, 0.15) is 42.1 Å². The monoisotopic (exact) mass is 359 g/mol. The molecule has 3 nitrogen and oxygen atoms in total. The number of nitrogens with one attached hydrogen (secondary N) is 1. The third kappa shape index (κ3) is 2.83. The second-order valence-corrected chi connectivity index (χ2v) is 4.19. The highest BCUT2D eigenvalue weighted by atomic mass is 127. The fourth-order valence-corrected chi connectivity index (χ4v) is 1.87. The van der Waals surface area contributed by atoms with Crippen molar-refractivity contribution in [3.8, 4) is 5.75 Å². The lowest BCUT2D eigenvalue weighted by Crippen LogP contribution is -2.23. The van der Waals surface area contributed by atoms with Crippen LogP contribution in [-0.2, 0) is 9.24 Å². The number of rotatable bonds is 3. The van der Waals surface area contributed by atoms with Crippen molar-refractivity contribution in [2.75, 3.05) is 13.3 Å². The molecule has 1 aliphatic heterocycles. The smallest absolute Gasteiger partial charge is 0.416 e. The van der Waals surface area contributed by atoms with E-state index in [0.717, 1.165) is 12.1 Å². The summed E-state index contributed by atoms with van der Waals surface area (Å²) < 4.78 is 47.7. The van der Waals surface area contributed by atoms with Gasteiger partial charge in [0.2, 0.25) is 0 Å². The van der Waals surface area contributed by atoms with Crippen molar-refractivity contribution in [3.63, 3.8) is 0 Å². The van der Waals surface area contributed by atoms with Crippen LogP contribution in [0.5, 0.6) is 5.75 Å². The largest absolute Gasteiger partial charge is 0.491 e. The summed E-state index contributed by atoms with van der Waals surface area (Å²) >= 11 is 1.71. The number of halogens is 4.